The van der Waals surface area contributed by atoms with Crippen molar-refractivity contribution in [2.24, 2.45) is 0 Å². The number of alkyl halides is 1. The van der Waals surface area contributed by atoms with E-state index >= 15 is 0 Å². The summed E-state index contributed by atoms with van der Waals surface area (Å²) in [4.78, 5) is 84.0. The zero-order valence-corrected chi connectivity index (χ0v) is 83.1. The van der Waals surface area contributed by atoms with Gasteiger partial charge in [-0.1, -0.05) is 69.6 Å². The summed E-state index contributed by atoms with van der Waals surface area (Å²) < 4.78 is 66.3. The topological polar surface area (TPSA) is 337 Å². The Bertz CT molecular complexity index is 6540. The first-order valence-electron chi connectivity index (χ1n) is 41.8. The van der Waals surface area contributed by atoms with Gasteiger partial charge in [0.25, 0.3) is 17.7 Å². The Morgan fingerprint density at radius 1 is 0.421 bits per heavy atom. The van der Waals surface area contributed by atoms with Gasteiger partial charge in [-0.2, -0.15) is 30.6 Å². The molecule has 39 heteroatoms. The van der Waals surface area contributed by atoms with E-state index in [0.717, 1.165) is 44.9 Å². The van der Waals surface area contributed by atoms with E-state index in [9.17, 15) is 38.3 Å². The van der Waals surface area contributed by atoms with Gasteiger partial charge >= 0.3 is 30.8 Å². The molecule has 3 aliphatic rings. The summed E-state index contributed by atoms with van der Waals surface area (Å²) in [6, 6.07) is 26.6. The Hall–Kier alpha value is -11.6. The van der Waals surface area contributed by atoms with E-state index in [1.165, 1.54) is 16.7 Å². The summed E-state index contributed by atoms with van der Waals surface area (Å²) >= 11 is 38.4. The molecule has 6 aromatic carbocycles. The molecule has 0 saturated heterocycles. The fourth-order valence-corrected chi connectivity index (χ4v) is 17.0. The molecule has 0 bridgehead atoms. The van der Waals surface area contributed by atoms with Gasteiger partial charge in [-0.3, -0.25) is 47.2 Å². The maximum absolute atomic E-state index is 13.9. The fraction of sp³-hybridized carbons (Fsp3) is 0.362. The number of carboxylic acid groups (broad SMARTS) is 1. The monoisotopic (exact) mass is 1930 g/mol. The van der Waals surface area contributed by atoms with E-state index in [2.05, 4.69) is 15.3 Å². The molecule has 4 amide bonds. The normalized spacial score (nSPS) is 12.1. The van der Waals surface area contributed by atoms with Gasteiger partial charge < -0.3 is 63.3 Å². The molecule has 31 nitrogen and oxygen atoms in total. The second kappa shape index (κ2) is 40.7. The minimum Gasteiger partial charge on any atom is -0.870 e. The van der Waals surface area contributed by atoms with Crippen molar-refractivity contribution in [3.05, 3.63) is 189 Å². The summed E-state index contributed by atoms with van der Waals surface area (Å²) in [5.74, 6) is 1.12. The number of rotatable bonds is 18. The molecule has 0 spiro atoms. The number of nitrogens with zero attached hydrogens (tertiary/aromatic N) is 16. The van der Waals surface area contributed by atoms with E-state index in [1.54, 1.807) is 155 Å². The van der Waals surface area contributed by atoms with Crippen LogP contribution < -0.4 is 47.3 Å². The van der Waals surface area contributed by atoms with Crippen LogP contribution in [0, 0.1) is 41.5 Å². The van der Waals surface area contributed by atoms with E-state index < -0.39 is 35.7 Å². The number of likely N-dealkylation sites (N-methyl/N-ethyl adjacent to an activating group) is 1. The molecule has 0 atom stereocenters. The first-order chi connectivity index (χ1) is 62.0. The van der Waals surface area contributed by atoms with Crippen molar-refractivity contribution in [1.82, 2.24) is 78.3 Å². The van der Waals surface area contributed by atoms with E-state index in [0.29, 0.717) is 155 Å². The Labute approximate surface area is 813 Å². The minimum atomic E-state index is -1.00. The zero-order chi connectivity index (χ0) is 97.0. The first-order valence-corrected chi connectivity index (χ1v) is 43.4. The van der Waals surface area contributed by atoms with Gasteiger partial charge in [0.05, 0.1) is 88.2 Å². The molecule has 9 heterocycles. The molecule has 6 aromatic heterocycles. The van der Waals surface area contributed by atoms with E-state index in [-0.39, 0.29) is 105 Å². The number of ether oxygens (including phenoxy) is 7. The smallest absolute Gasteiger partial charge is 0.870 e. The standard InChI is InChI=1S/C32H36Cl2N6O4.C31H33Cl2N5O5.C30H31Cl2N5O5.CH3F.Li.H2O/c1-17-28(18(2)39(35-17)15-27(41)37(6)7)22-13-23-26(14-25(22)43-9)44-16-24-29(31(42)38(8)32(3,4)5)36-40(30(23)24)21-11-19(33)10-20(34)12-21;1-16-27(17(2)37(34-16)14-26(39)42-8)21-12-22-25(13-24(21)41-7)43-15-23-28(30(40)36(6)31(3,4)5)35-38(29(22)23)20-10-18(32)9-19(33)11-20;1-15-26(16(2)36(33-15)13-25(38)39)20-11-21-24(12-23(20)41-7)42-14-22-27(29(40)35(6)30(3,4)5)34-37(28(21)22)19-9-17(31)8-18(32)10-19;1-2;;/h10-14H,15-16H2,1-9H3;9-13H,14-15H2,1-8H3;8-12H,13-14H2,1-7H3,(H,38,39);1H3;;1H2/q;;;;+1;/p-1/i;;;1D;;. The Morgan fingerprint density at radius 2 is 0.677 bits per heavy atom. The maximum Gasteiger partial charge on any atom is 1.00 e. The summed E-state index contributed by atoms with van der Waals surface area (Å²) in [5, 5.41) is 40.2. The van der Waals surface area contributed by atoms with Crippen LogP contribution in [0.2, 0.25) is 30.1 Å². The van der Waals surface area contributed by atoms with Crippen LogP contribution in [0.4, 0.5) is 4.39 Å². The van der Waals surface area contributed by atoms with Crippen molar-refractivity contribution >= 4 is 105 Å². The summed E-state index contributed by atoms with van der Waals surface area (Å²) in [7, 11) is 13.8. The van der Waals surface area contributed by atoms with Gasteiger partial charge in [0, 0.05) is 184 Å². The average Bonchev–Trinajstić information content (AvgIpc) is 1.56. The SMILES string of the molecule is COC(=O)Cn1nc(C)c(-c2cc3c(cc2OC)OCc2c(C(=O)N(C)C(C)(C)C)nn(-c4cc(Cl)cc(Cl)c4)c2-3)c1C.COc1cc2c(cc1-c1c(C)nn(CC(=O)N(C)C)c1C)-c1c(c(C(=O)N(C)C(C)(C)C)nn1-c1cc(Cl)cc(Cl)c1)CO2.COc1cc2c(cc1-c1c(C)nn(CC(=O)O)c1C)-c1c(c(C(=O)N(C)C(C)(C)C)nn1-c1cc(Cl)cc(Cl)c1)CO2.[2H]CF.[Li+].[OH-]. The number of aryl methyl sites for hydroxylation is 3. The summed E-state index contributed by atoms with van der Waals surface area (Å²) in [6.45, 7) is 29.0. The molecule has 0 fully saturated rings. The fourth-order valence-electron chi connectivity index (χ4n) is 15.5. The largest absolute Gasteiger partial charge is 1.00 e. The number of carbonyl (C=O) groups is 6. The van der Waals surface area contributed by atoms with Gasteiger partial charge in [0.15, 0.2) is 17.1 Å². The third-order valence-corrected chi connectivity index (χ3v) is 24.4. The van der Waals surface area contributed by atoms with Crippen LogP contribution in [-0.4, -0.2) is 212 Å². The number of amides is 4. The quantitative estimate of drug-likeness (QED) is 0.0616. The maximum atomic E-state index is 13.9. The van der Waals surface area contributed by atoms with Gasteiger partial charge in [0.2, 0.25) is 5.91 Å². The molecule has 15 rings (SSSR count). The first kappa shape index (κ1) is 102. The van der Waals surface area contributed by atoms with Crippen molar-refractivity contribution in [2.45, 2.75) is 160 Å². The van der Waals surface area contributed by atoms with Crippen LogP contribution >= 0.6 is 69.6 Å². The Balaban J connectivity index is 0.000000203. The summed E-state index contributed by atoms with van der Waals surface area (Å²) in [5.41, 5.74) is 16.1. The Morgan fingerprint density at radius 3 is 0.910 bits per heavy atom. The molecule has 700 valence electrons. The van der Waals surface area contributed by atoms with Crippen LogP contribution in [-0.2, 0) is 58.6 Å². The predicted octanol–water partition coefficient (Wildman–Crippen LogP) is 16.1. The number of benzene rings is 6. The predicted molar refractivity (Wildman–Crippen MR) is 505 cm³/mol. The van der Waals surface area contributed by atoms with Crippen LogP contribution in [0.5, 0.6) is 34.5 Å². The molecule has 0 aliphatic carbocycles. The van der Waals surface area contributed by atoms with Crippen LogP contribution in [0.25, 0.3) is 84.2 Å². The number of hydrogen-bond donors (Lipinski definition) is 1. The summed E-state index contributed by atoms with van der Waals surface area (Å²) in [6.07, 6.45) is 0. The van der Waals surface area contributed by atoms with Crippen LogP contribution in [0.1, 0.15) is 146 Å². The third-order valence-electron chi connectivity index (χ3n) is 23.1. The number of methoxy groups -OCH3 is 4. The van der Waals surface area contributed by atoms with E-state index in [4.69, 9.17) is 119 Å². The van der Waals surface area contributed by atoms with Gasteiger partial charge in [0.1, 0.15) is 74.0 Å². The number of aromatic nitrogens is 12. The van der Waals surface area contributed by atoms with Crippen molar-refractivity contribution in [3.8, 4) is 119 Å². The van der Waals surface area contributed by atoms with Crippen LogP contribution in [0.15, 0.2) is 91.0 Å². The molecule has 0 unspecified atom stereocenters. The number of aliphatic carboxylic acids is 1. The van der Waals surface area contributed by atoms with Crippen LogP contribution in [0.3, 0.4) is 0 Å². The number of fused-ring (bicyclic) bond motifs is 9. The number of carbonyl (C=O) groups excluding carboxylic acids is 5. The molecule has 3 aliphatic heterocycles. The van der Waals surface area contributed by atoms with Crippen molar-refractivity contribution in [3.63, 3.8) is 0 Å². The number of esters is 1. The second-order valence-electron chi connectivity index (χ2n) is 34.6. The number of carboxylic acids is 1. The van der Waals surface area contributed by atoms with Crippen molar-refractivity contribution in [1.29, 1.82) is 0 Å². The molecule has 12 aromatic rings. The number of halogens is 7. The van der Waals surface area contributed by atoms with Crippen molar-refractivity contribution in [2.75, 3.05) is 70.8 Å². The van der Waals surface area contributed by atoms with Gasteiger partial charge in [-0.15, -0.1) is 0 Å². The Kier molecular flexibility index (Phi) is 31.2. The minimum absolute atomic E-state index is 0. The second-order valence-corrected chi connectivity index (χ2v) is 37.2. The molecule has 0 radical (unpaired) electrons. The molecular formula is C94H104Cl6FLiN16O15. The molecule has 2 N–H and O–H groups in total. The number of hydrogen-bond acceptors (Lipinski definition) is 20. The molecule has 133 heavy (non-hydrogen) atoms. The van der Waals surface area contributed by atoms with E-state index in [1.807, 2.05) is 134 Å². The zero-order valence-electron chi connectivity index (χ0n) is 79.6. The van der Waals surface area contributed by atoms with Gasteiger partial charge in [-0.25, -0.2) is 14.0 Å². The molecular weight excluding hydrogens is 1830 g/mol. The molecule has 0 saturated carbocycles. The van der Waals surface area contributed by atoms with Gasteiger partial charge in [-0.05, 0) is 177 Å². The average molecular weight is 1940 g/mol. The van der Waals surface area contributed by atoms with Crippen molar-refractivity contribution < 1.29 is 97.1 Å². The third kappa shape index (κ3) is 20.7.